The Hall–Kier alpha value is -2.10. The van der Waals surface area contributed by atoms with Crippen LogP contribution in [0.4, 0.5) is 5.69 Å². The van der Waals surface area contributed by atoms with Crippen molar-refractivity contribution in [1.82, 2.24) is 4.98 Å². The van der Waals surface area contributed by atoms with Crippen molar-refractivity contribution in [1.29, 1.82) is 0 Å². The van der Waals surface area contributed by atoms with Gasteiger partial charge in [-0.1, -0.05) is 18.2 Å². The molecular formula is C12H14N2O2. The van der Waals surface area contributed by atoms with E-state index in [-0.39, 0.29) is 5.91 Å². The normalized spacial score (nSPS) is 10.9. The summed E-state index contributed by atoms with van der Waals surface area (Å²) >= 11 is 0. The van der Waals surface area contributed by atoms with Gasteiger partial charge in [0.05, 0.1) is 19.0 Å². The minimum Gasteiger partial charge on any atom is -0.481 e. The number of methoxy groups -OCH3 is 1. The van der Waals surface area contributed by atoms with Crippen molar-refractivity contribution in [3.05, 3.63) is 42.6 Å². The Labute approximate surface area is 94.7 Å². The highest BCUT2D eigenvalue weighted by Gasteiger charge is 1.98. The summed E-state index contributed by atoms with van der Waals surface area (Å²) in [6, 6.07) is 3.42. The van der Waals surface area contributed by atoms with E-state index in [0.717, 1.165) is 0 Å². The fourth-order valence-electron chi connectivity index (χ4n) is 1.01. The number of nitrogens with zero attached hydrogens (tertiary/aromatic N) is 1. The Morgan fingerprint density at radius 1 is 1.44 bits per heavy atom. The zero-order valence-electron chi connectivity index (χ0n) is 9.31. The first kappa shape index (κ1) is 12.0. The van der Waals surface area contributed by atoms with Gasteiger partial charge in [0.1, 0.15) is 0 Å². The molecule has 1 rings (SSSR count). The number of carbonyl (C=O) groups is 1. The molecule has 0 aliphatic heterocycles. The molecule has 1 aromatic heterocycles. The van der Waals surface area contributed by atoms with E-state index in [1.807, 2.05) is 13.0 Å². The molecule has 0 fully saturated rings. The molecule has 16 heavy (non-hydrogen) atoms. The zero-order valence-corrected chi connectivity index (χ0v) is 9.31. The zero-order chi connectivity index (χ0) is 11.8. The molecular weight excluding hydrogens is 204 g/mol. The average Bonchev–Trinajstić information content (AvgIpc) is 2.30. The summed E-state index contributed by atoms with van der Waals surface area (Å²) in [5.41, 5.74) is 0.635. The van der Waals surface area contributed by atoms with Crippen molar-refractivity contribution in [2.45, 2.75) is 6.92 Å². The van der Waals surface area contributed by atoms with Crippen LogP contribution in [0.25, 0.3) is 0 Å². The van der Waals surface area contributed by atoms with Crippen molar-refractivity contribution in [2.24, 2.45) is 0 Å². The summed E-state index contributed by atoms with van der Waals surface area (Å²) in [5.74, 6) is 0.326. The molecule has 1 N–H and O–H groups in total. The lowest BCUT2D eigenvalue weighted by atomic mass is 10.4. The quantitative estimate of drug-likeness (QED) is 0.622. The number of carbonyl (C=O) groups excluding carboxylic acids is 1. The number of hydrogen-bond donors (Lipinski definition) is 1. The van der Waals surface area contributed by atoms with Crippen molar-refractivity contribution in [2.75, 3.05) is 12.4 Å². The maximum absolute atomic E-state index is 11.4. The first-order chi connectivity index (χ1) is 7.76. The first-order valence-electron chi connectivity index (χ1n) is 4.86. The molecule has 0 aromatic carbocycles. The van der Waals surface area contributed by atoms with Crippen LogP contribution in [0.1, 0.15) is 6.92 Å². The van der Waals surface area contributed by atoms with Crippen LogP contribution in [0, 0.1) is 0 Å². The Balaban J connectivity index is 2.56. The third-order valence-electron chi connectivity index (χ3n) is 1.76. The highest BCUT2D eigenvalue weighted by Crippen LogP contribution is 2.10. The fraction of sp³-hybridized carbons (Fsp3) is 0.167. The van der Waals surface area contributed by atoms with Crippen LogP contribution in [-0.4, -0.2) is 18.0 Å². The molecule has 1 amide bonds. The van der Waals surface area contributed by atoms with E-state index in [0.29, 0.717) is 11.6 Å². The van der Waals surface area contributed by atoms with E-state index in [4.69, 9.17) is 4.74 Å². The van der Waals surface area contributed by atoms with Gasteiger partial charge in [-0.3, -0.25) is 4.79 Å². The van der Waals surface area contributed by atoms with Crippen LogP contribution >= 0.6 is 0 Å². The minimum absolute atomic E-state index is 0.190. The number of aromatic nitrogens is 1. The highest BCUT2D eigenvalue weighted by molar-refractivity contribution is 5.99. The minimum atomic E-state index is -0.190. The van der Waals surface area contributed by atoms with Crippen LogP contribution < -0.4 is 10.1 Å². The summed E-state index contributed by atoms with van der Waals surface area (Å²) < 4.78 is 4.91. The van der Waals surface area contributed by atoms with Gasteiger partial charge in [-0.15, -0.1) is 0 Å². The largest absolute Gasteiger partial charge is 0.481 e. The summed E-state index contributed by atoms with van der Waals surface area (Å²) in [6.07, 6.45) is 8.29. The fourth-order valence-corrected chi connectivity index (χ4v) is 1.01. The van der Waals surface area contributed by atoms with E-state index in [1.165, 1.54) is 6.08 Å². The predicted molar refractivity (Wildman–Crippen MR) is 63.4 cm³/mol. The molecule has 4 nitrogen and oxygen atoms in total. The lowest BCUT2D eigenvalue weighted by molar-refractivity contribution is -0.111. The van der Waals surface area contributed by atoms with Gasteiger partial charge >= 0.3 is 0 Å². The summed E-state index contributed by atoms with van der Waals surface area (Å²) in [5, 5.41) is 2.67. The second kappa shape index (κ2) is 6.40. The monoisotopic (exact) mass is 218 g/mol. The number of pyridine rings is 1. The highest BCUT2D eigenvalue weighted by atomic mass is 16.5. The number of hydrogen-bond acceptors (Lipinski definition) is 3. The summed E-state index contributed by atoms with van der Waals surface area (Å²) in [4.78, 5) is 15.3. The molecule has 0 saturated heterocycles. The molecule has 1 heterocycles. The Morgan fingerprint density at radius 2 is 2.25 bits per heavy atom. The topological polar surface area (TPSA) is 51.2 Å². The molecule has 0 saturated carbocycles. The van der Waals surface area contributed by atoms with E-state index in [9.17, 15) is 4.79 Å². The SMILES string of the molecule is CC=CC=CC(=O)Nc1ccc(OC)nc1. The van der Waals surface area contributed by atoms with Crippen LogP contribution in [-0.2, 0) is 4.79 Å². The number of amides is 1. The van der Waals surface area contributed by atoms with Gasteiger partial charge in [0.25, 0.3) is 0 Å². The van der Waals surface area contributed by atoms with Crippen molar-refractivity contribution in [3.63, 3.8) is 0 Å². The van der Waals surface area contributed by atoms with Crippen LogP contribution in [0.2, 0.25) is 0 Å². The van der Waals surface area contributed by atoms with Gasteiger partial charge in [0.15, 0.2) is 0 Å². The standard InChI is InChI=1S/C12H14N2O2/c1-3-4-5-6-11(15)14-10-7-8-12(16-2)13-9-10/h3-9H,1-2H3,(H,14,15). The van der Waals surface area contributed by atoms with Gasteiger partial charge in [0, 0.05) is 12.1 Å². The van der Waals surface area contributed by atoms with Gasteiger partial charge in [-0.05, 0) is 13.0 Å². The number of ether oxygens (including phenoxy) is 1. The van der Waals surface area contributed by atoms with Crippen molar-refractivity contribution >= 4 is 11.6 Å². The second-order valence-corrected chi connectivity index (χ2v) is 2.96. The lowest BCUT2D eigenvalue weighted by Gasteiger charge is -2.02. The molecule has 0 unspecified atom stereocenters. The van der Waals surface area contributed by atoms with Crippen LogP contribution in [0.15, 0.2) is 42.6 Å². The molecule has 0 aliphatic rings. The van der Waals surface area contributed by atoms with Gasteiger partial charge < -0.3 is 10.1 Å². The Kier molecular flexibility index (Phi) is 4.79. The van der Waals surface area contributed by atoms with Gasteiger partial charge in [-0.2, -0.15) is 0 Å². The molecule has 0 bridgehead atoms. The van der Waals surface area contributed by atoms with E-state index in [2.05, 4.69) is 10.3 Å². The van der Waals surface area contributed by atoms with Crippen LogP contribution in [0.3, 0.4) is 0 Å². The van der Waals surface area contributed by atoms with Gasteiger partial charge in [0.2, 0.25) is 11.8 Å². The number of anilines is 1. The van der Waals surface area contributed by atoms with E-state index in [1.54, 1.807) is 37.6 Å². The maximum atomic E-state index is 11.4. The Morgan fingerprint density at radius 3 is 2.81 bits per heavy atom. The van der Waals surface area contributed by atoms with Crippen LogP contribution in [0.5, 0.6) is 5.88 Å². The third kappa shape index (κ3) is 3.96. The number of rotatable bonds is 4. The maximum Gasteiger partial charge on any atom is 0.248 e. The number of allylic oxidation sites excluding steroid dienone is 3. The molecule has 0 radical (unpaired) electrons. The summed E-state index contributed by atoms with van der Waals surface area (Å²) in [7, 11) is 1.54. The third-order valence-corrected chi connectivity index (χ3v) is 1.76. The molecule has 1 aromatic rings. The summed E-state index contributed by atoms with van der Waals surface area (Å²) in [6.45, 7) is 1.88. The molecule has 84 valence electrons. The molecule has 0 aliphatic carbocycles. The second-order valence-electron chi connectivity index (χ2n) is 2.96. The lowest BCUT2D eigenvalue weighted by Crippen LogP contribution is -2.07. The first-order valence-corrected chi connectivity index (χ1v) is 4.86. The average molecular weight is 218 g/mol. The predicted octanol–water partition coefficient (Wildman–Crippen LogP) is 2.16. The number of nitrogens with one attached hydrogen (secondary N) is 1. The van der Waals surface area contributed by atoms with Crippen molar-refractivity contribution < 1.29 is 9.53 Å². The van der Waals surface area contributed by atoms with E-state index < -0.39 is 0 Å². The molecule has 0 atom stereocenters. The molecule has 4 heteroatoms. The van der Waals surface area contributed by atoms with E-state index >= 15 is 0 Å². The van der Waals surface area contributed by atoms with Gasteiger partial charge in [-0.25, -0.2) is 4.98 Å². The smallest absolute Gasteiger partial charge is 0.248 e. The Bertz CT molecular complexity index is 394. The van der Waals surface area contributed by atoms with Crippen molar-refractivity contribution in [3.8, 4) is 5.88 Å². The molecule has 0 spiro atoms.